The third-order valence-electron chi connectivity index (χ3n) is 17.8. The molecule has 0 amide bonds. The fourth-order valence-corrected chi connectivity index (χ4v) is 12.5. The van der Waals surface area contributed by atoms with Crippen LogP contribution in [0.1, 0.15) is 391 Å². The zero-order chi connectivity index (χ0) is 60.4. The van der Waals surface area contributed by atoms with Gasteiger partial charge in [-0.25, -0.2) is 0 Å². The molecule has 0 rings (SSSR count). The van der Waals surface area contributed by atoms with Gasteiger partial charge in [0.2, 0.25) is 0 Å². The monoisotopic (exact) mass is 1160 g/mol. The number of phosphoric acid groups is 1. The molecule has 0 bridgehead atoms. The first kappa shape index (κ1) is 86.4. The fraction of sp³-hybridized carbons (Fsp3) is 1.00. The minimum absolute atomic E-state index is 1.36. The molecule has 0 unspecified atom stereocenters. The quantitative estimate of drug-likeness (QED) is 0.0345. The van der Waals surface area contributed by atoms with E-state index in [0.717, 1.165) is 0 Å². The number of rotatable bonds is 60. The summed E-state index contributed by atoms with van der Waals surface area (Å²) >= 11 is 0. The topological polar surface area (TPSA) is 86.2 Å². The van der Waals surface area contributed by atoms with Crippen LogP contribution in [0.3, 0.4) is 0 Å². The Labute approximate surface area is 508 Å². The van der Waals surface area contributed by atoms with Crippen LogP contribution in [0.4, 0.5) is 0 Å². The molecule has 0 aliphatic heterocycles. The lowest BCUT2D eigenvalue weighted by Crippen LogP contribution is -2.50. The van der Waals surface area contributed by atoms with Gasteiger partial charge in [0.25, 0.3) is 0 Å². The van der Waals surface area contributed by atoms with Crippen molar-refractivity contribution in [1.82, 2.24) is 0 Å². The number of unbranched alkanes of at least 4 members (excludes halogenated alkanes) is 36. The molecule has 0 fully saturated rings. The number of quaternary nitrogens is 3. The number of hydrogen-bond acceptors (Lipinski definition) is 4. The maximum Gasteiger partial charge on any atom is 0.0786 e. The third-order valence-corrected chi connectivity index (χ3v) is 17.8. The van der Waals surface area contributed by atoms with E-state index in [0.29, 0.717) is 0 Å². The highest BCUT2D eigenvalue weighted by Crippen LogP contribution is 2.23. The van der Waals surface area contributed by atoms with Gasteiger partial charge in [0.15, 0.2) is 0 Å². The second-order valence-corrected chi connectivity index (χ2v) is 26.8. The average Bonchev–Trinajstić information content (AvgIpc) is 3.44. The summed E-state index contributed by atoms with van der Waals surface area (Å²) in [4.78, 5) is 25.6. The van der Waals surface area contributed by atoms with Crippen molar-refractivity contribution >= 4 is 7.82 Å². The highest BCUT2D eigenvalue weighted by atomic mass is 31.2. The van der Waals surface area contributed by atoms with Gasteiger partial charge >= 0.3 is 0 Å². The molecule has 0 aromatic rings. The lowest BCUT2D eigenvalue weighted by molar-refractivity contribution is -0.929. The summed E-state index contributed by atoms with van der Waals surface area (Å²) in [5.41, 5.74) is 0. The van der Waals surface area contributed by atoms with E-state index in [1.807, 2.05) is 0 Å². The molecule has 0 spiro atoms. The van der Waals surface area contributed by atoms with Gasteiger partial charge in [0.1, 0.15) is 0 Å². The molecule has 8 heteroatoms. The van der Waals surface area contributed by atoms with E-state index in [1.54, 1.807) is 0 Å². The molecule has 0 aromatic heterocycles. The molecule has 0 heterocycles. The van der Waals surface area contributed by atoms with Crippen LogP contribution in [0.15, 0.2) is 0 Å². The lowest BCUT2D eigenvalue weighted by Gasteiger charge is -2.39. The predicted molar refractivity (Wildman–Crippen MR) is 356 cm³/mol. The number of nitrogens with zero attached hydrogens (tertiary/aromatic N) is 3. The molecule has 0 saturated carbocycles. The Morgan fingerprint density at radius 3 is 0.312 bits per heavy atom. The molecule has 0 aliphatic carbocycles. The van der Waals surface area contributed by atoms with Crippen molar-refractivity contribution in [2.75, 3.05) is 78.5 Å². The molecule has 0 radical (unpaired) electrons. The molecule has 7 nitrogen and oxygen atoms in total. The van der Waals surface area contributed by atoms with Gasteiger partial charge in [0, 0.05) is 0 Å². The highest BCUT2D eigenvalue weighted by molar-refractivity contribution is 7.40. The summed E-state index contributed by atoms with van der Waals surface area (Å²) in [6.07, 6.45) is 68.5. The van der Waals surface area contributed by atoms with Crippen LogP contribution in [0.2, 0.25) is 0 Å². The predicted octanol–water partition coefficient (Wildman–Crippen LogP) is 21.5. The Morgan fingerprint density at radius 2 is 0.250 bits per heavy atom. The van der Waals surface area contributed by atoms with Crippen LogP contribution in [-0.2, 0) is 4.57 Å². The van der Waals surface area contributed by atoms with Crippen LogP contribution in [-0.4, -0.2) is 92.0 Å². The highest BCUT2D eigenvalue weighted by Gasteiger charge is 2.28. The van der Waals surface area contributed by atoms with Crippen molar-refractivity contribution in [2.24, 2.45) is 0 Å². The normalized spacial score (nSPS) is 12.0. The zero-order valence-electron chi connectivity index (χ0n) is 57.8. The van der Waals surface area contributed by atoms with Crippen molar-refractivity contribution in [1.29, 1.82) is 0 Å². The van der Waals surface area contributed by atoms with Gasteiger partial charge in [-0.2, -0.15) is 7.82 Å². The minimum Gasteiger partial charge on any atom is -0.822 e. The van der Waals surface area contributed by atoms with Crippen LogP contribution < -0.4 is 14.7 Å². The first-order valence-electron chi connectivity index (χ1n) is 37.0. The zero-order valence-corrected chi connectivity index (χ0v) is 58.7. The second kappa shape index (κ2) is 68.1. The van der Waals surface area contributed by atoms with E-state index in [-0.39, 0.29) is 0 Å². The summed E-state index contributed by atoms with van der Waals surface area (Å²) < 4.78 is 12.9. The standard InChI is InChI=1S/3C24H52N.H3O4P/c3*1-5-9-13-17-21-25(22-18-14-10-6-2,23-19-15-11-7-3)24-20-16-12-8-4;1-5(2,3)4/h3*5-24H2,1-4H3;(H3,1,2,3,4)/q3*+1;/p-3. The molecule has 0 aromatic carbocycles. The van der Waals surface area contributed by atoms with E-state index in [4.69, 9.17) is 19.2 Å². The van der Waals surface area contributed by atoms with Gasteiger partial charge in [-0.15, -0.1) is 0 Å². The van der Waals surface area contributed by atoms with Crippen molar-refractivity contribution in [3.8, 4) is 0 Å². The summed E-state index contributed by atoms with van der Waals surface area (Å²) in [5, 5.41) is 0. The largest absolute Gasteiger partial charge is 0.822 e. The fourth-order valence-electron chi connectivity index (χ4n) is 12.5. The molecule has 0 aliphatic rings. The molecular weight excluding hydrogens is 1000 g/mol. The molecular formula is C72H156N3O4P. The van der Waals surface area contributed by atoms with E-state index in [2.05, 4.69) is 83.1 Å². The van der Waals surface area contributed by atoms with Crippen molar-refractivity contribution < 1.29 is 32.7 Å². The Morgan fingerprint density at radius 1 is 0.175 bits per heavy atom. The van der Waals surface area contributed by atoms with Crippen molar-refractivity contribution in [3.63, 3.8) is 0 Å². The van der Waals surface area contributed by atoms with E-state index in [1.165, 1.54) is 400 Å². The van der Waals surface area contributed by atoms with Gasteiger partial charge in [-0.05, 0) is 154 Å². The Bertz CT molecular complexity index is 875. The van der Waals surface area contributed by atoms with Crippen molar-refractivity contribution in [3.05, 3.63) is 0 Å². The SMILES string of the molecule is CCCCCC[N+](CCCCCC)(CCCCCC)CCCCCC.CCCCCC[N+](CCCCCC)(CCCCCC)CCCCCC.CCCCCC[N+](CCCCCC)(CCCCCC)CCCCCC.O=P([O-])([O-])[O-]. The molecule has 0 saturated heterocycles. The lowest BCUT2D eigenvalue weighted by atomic mass is 10.1. The van der Waals surface area contributed by atoms with Crippen LogP contribution in [0.25, 0.3) is 0 Å². The summed E-state index contributed by atoms with van der Waals surface area (Å²) in [6.45, 7) is 45.6. The first-order valence-corrected chi connectivity index (χ1v) is 38.5. The Balaban J connectivity index is -0.000000518. The molecule has 0 atom stereocenters. The van der Waals surface area contributed by atoms with E-state index < -0.39 is 7.82 Å². The summed E-state index contributed by atoms with van der Waals surface area (Å²) in [6, 6.07) is 0. The van der Waals surface area contributed by atoms with Gasteiger partial charge < -0.3 is 32.7 Å². The van der Waals surface area contributed by atoms with E-state index >= 15 is 0 Å². The molecule has 0 N–H and O–H groups in total. The molecule has 488 valence electrons. The van der Waals surface area contributed by atoms with Crippen molar-refractivity contribution in [2.45, 2.75) is 391 Å². The van der Waals surface area contributed by atoms with Gasteiger partial charge in [0.05, 0.1) is 78.5 Å². The first-order chi connectivity index (χ1) is 38.7. The maximum atomic E-state index is 8.55. The molecule has 80 heavy (non-hydrogen) atoms. The van der Waals surface area contributed by atoms with Crippen LogP contribution in [0.5, 0.6) is 0 Å². The average molecular weight is 1160 g/mol. The maximum absolute atomic E-state index is 8.55. The van der Waals surface area contributed by atoms with Gasteiger partial charge in [-0.3, -0.25) is 0 Å². The number of hydrogen-bond donors (Lipinski definition) is 0. The third kappa shape index (κ3) is 65.5. The smallest absolute Gasteiger partial charge is 0.0786 e. The summed E-state index contributed by atoms with van der Waals surface area (Å²) in [5.74, 6) is 0. The van der Waals surface area contributed by atoms with Crippen LogP contribution >= 0.6 is 7.82 Å². The Kier molecular flexibility index (Phi) is 73.6. The minimum atomic E-state index is -5.39. The second-order valence-electron chi connectivity index (χ2n) is 25.9. The summed E-state index contributed by atoms with van der Waals surface area (Å²) in [7, 11) is -5.39. The van der Waals surface area contributed by atoms with Crippen LogP contribution in [0, 0.1) is 0 Å². The van der Waals surface area contributed by atoms with E-state index in [9.17, 15) is 0 Å². The van der Waals surface area contributed by atoms with Gasteiger partial charge in [-0.1, -0.05) is 237 Å². The Hall–Kier alpha value is -0.0100.